The van der Waals surface area contributed by atoms with Gasteiger partial charge in [-0.15, -0.1) is 11.3 Å². The summed E-state index contributed by atoms with van der Waals surface area (Å²) in [5, 5.41) is 2.08. The molecule has 1 fully saturated rings. The van der Waals surface area contributed by atoms with Gasteiger partial charge >= 0.3 is 0 Å². The second-order valence-electron chi connectivity index (χ2n) is 5.01. The summed E-state index contributed by atoms with van der Waals surface area (Å²) in [6.07, 6.45) is 6.36. The zero-order valence-corrected chi connectivity index (χ0v) is 13.8. The molecule has 5 heteroatoms. The molecule has 1 aliphatic rings. The molecule has 0 N–H and O–H groups in total. The van der Waals surface area contributed by atoms with Crippen molar-refractivity contribution in [1.82, 2.24) is 9.47 Å². The highest BCUT2D eigenvalue weighted by Crippen LogP contribution is 2.34. The van der Waals surface area contributed by atoms with E-state index in [4.69, 9.17) is 0 Å². The normalized spacial score (nSPS) is 15.8. The van der Waals surface area contributed by atoms with Crippen LogP contribution in [0.5, 0.6) is 0 Å². The molecule has 3 nitrogen and oxygen atoms in total. The zero-order valence-electron chi connectivity index (χ0n) is 11.4. The van der Waals surface area contributed by atoms with Crippen LogP contribution in [0.1, 0.15) is 30.3 Å². The summed E-state index contributed by atoms with van der Waals surface area (Å²) in [6, 6.07) is 2.04. The highest BCUT2D eigenvalue weighted by molar-refractivity contribution is 9.10. The first-order valence-corrected chi connectivity index (χ1v) is 8.56. The average molecular weight is 353 g/mol. The third kappa shape index (κ3) is 2.33. The van der Waals surface area contributed by atoms with Crippen LogP contribution >= 0.6 is 27.3 Å². The van der Waals surface area contributed by atoms with Crippen molar-refractivity contribution >= 4 is 43.4 Å². The van der Waals surface area contributed by atoms with Crippen LogP contribution in [0.25, 0.3) is 10.2 Å². The van der Waals surface area contributed by atoms with E-state index in [-0.39, 0.29) is 5.91 Å². The summed E-state index contributed by atoms with van der Waals surface area (Å²) in [6.45, 7) is 4.53. The summed E-state index contributed by atoms with van der Waals surface area (Å²) in [7, 11) is 0. The highest BCUT2D eigenvalue weighted by atomic mass is 79.9. The summed E-state index contributed by atoms with van der Waals surface area (Å²) in [5.74, 6) is 0.169. The van der Waals surface area contributed by atoms with Gasteiger partial charge in [0.05, 0.1) is 14.7 Å². The minimum atomic E-state index is 0.169. The number of likely N-dealkylation sites (tertiary alicyclic amines) is 1. The Morgan fingerprint density at radius 2 is 2.20 bits per heavy atom. The van der Waals surface area contributed by atoms with E-state index in [9.17, 15) is 4.79 Å². The maximum atomic E-state index is 12.7. The second-order valence-corrected chi connectivity index (χ2v) is 6.77. The third-order valence-corrected chi connectivity index (χ3v) is 5.54. The number of thiophene rings is 1. The molecule has 0 unspecified atom stereocenters. The van der Waals surface area contributed by atoms with Crippen LogP contribution in [0.2, 0.25) is 0 Å². The molecule has 1 aliphatic heterocycles. The minimum Gasteiger partial charge on any atom is -0.337 e. The number of hydrogen-bond acceptors (Lipinski definition) is 2. The third-order valence-electron chi connectivity index (χ3n) is 3.71. The van der Waals surface area contributed by atoms with Crippen molar-refractivity contribution < 1.29 is 4.79 Å². The monoisotopic (exact) mass is 352 g/mol. The van der Waals surface area contributed by atoms with Crippen molar-refractivity contribution in [3.8, 4) is 0 Å². The number of halogens is 1. The first-order valence-electron chi connectivity index (χ1n) is 6.89. The minimum absolute atomic E-state index is 0.169. The van der Waals surface area contributed by atoms with E-state index in [1.54, 1.807) is 11.3 Å². The lowest BCUT2D eigenvalue weighted by Gasteiger charge is -2.16. The molecule has 2 aromatic heterocycles. The Hall–Kier alpha value is -1.07. The summed E-state index contributed by atoms with van der Waals surface area (Å²) < 4.78 is 4.36. The molecule has 0 saturated carbocycles. The summed E-state index contributed by atoms with van der Waals surface area (Å²) in [5.41, 5.74) is 1.95. The summed E-state index contributed by atoms with van der Waals surface area (Å²) in [4.78, 5) is 14.7. The van der Waals surface area contributed by atoms with Crippen molar-refractivity contribution in [2.45, 2.75) is 26.3 Å². The highest BCUT2D eigenvalue weighted by Gasteiger charge is 2.24. The Morgan fingerprint density at radius 3 is 2.90 bits per heavy atom. The average Bonchev–Trinajstić information content (AvgIpc) is 3.14. The molecule has 0 radical (unpaired) electrons. The SMILES string of the molecule is C/C=C/Cn1c(C(=O)N2CCCC2)cc2scc(Br)c21. The van der Waals surface area contributed by atoms with Crippen LogP contribution in [0.3, 0.4) is 0 Å². The van der Waals surface area contributed by atoms with E-state index in [1.165, 1.54) is 4.70 Å². The first kappa shape index (κ1) is 13.9. The number of allylic oxidation sites excluding steroid dienone is 2. The molecule has 3 rings (SSSR count). The number of amides is 1. The lowest BCUT2D eigenvalue weighted by Crippen LogP contribution is -2.29. The molecule has 20 heavy (non-hydrogen) atoms. The van der Waals surface area contributed by atoms with E-state index < -0.39 is 0 Å². The Kier molecular flexibility index (Phi) is 3.98. The smallest absolute Gasteiger partial charge is 0.270 e. The van der Waals surface area contributed by atoms with Crippen LogP contribution in [0, 0.1) is 0 Å². The number of carbonyl (C=O) groups excluding carboxylic acids is 1. The maximum Gasteiger partial charge on any atom is 0.270 e. The maximum absolute atomic E-state index is 12.7. The van der Waals surface area contributed by atoms with Gasteiger partial charge in [-0.05, 0) is 41.8 Å². The van der Waals surface area contributed by atoms with Crippen LogP contribution in [-0.4, -0.2) is 28.5 Å². The van der Waals surface area contributed by atoms with Gasteiger partial charge in [0.25, 0.3) is 5.91 Å². The predicted octanol–water partition coefficient (Wildman–Crippen LogP) is 4.28. The molecule has 0 bridgehead atoms. The van der Waals surface area contributed by atoms with Gasteiger partial charge in [-0.25, -0.2) is 0 Å². The molecule has 106 valence electrons. The van der Waals surface area contributed by atoms with Gasteiger partial charge < -0.3 is 9.47 Å². The van der Waals surface area contributed by atoms with Gasteiger partial charge in [0.2, 0.25) is 0 Å². The van der Waals surface area contributed by atoms with Crippen LogP contribution in [0.4, 0.5) is 0 Å². The van der Waals surface area contributed by atoms with Gasteiger partial charge in [-0.2, -0.15) is 0 Å². The molecule has 1 amide bonds. The molecule has 1 saturated heterocycles. The largest absolute Gasteiger partial charge is 0.337 e. The van der Waals surface area contributed by atoms with Crippen molar-refractivity contribution in [1.29, 1.82) is 0 Å². The van der Waals surface area contributed by atoms with Gasteiger partial charge in [-0.3, -0.25) is 4.79 Å². The van der Waals surface area contributed by atoms with Gasteiger partial charge in [0.1, 0.15) is 5.69 Å². The Bertz CT molecular complexity index is 665. The van der Waals surface area contributed by atoms with E-state index in [0.29, 0.717) is 0 Å². The lowest BCUT2D eigenvalue weighted by molar-refractivity contribution is 0.0783. The molecular formula is C15H17BrN2OS. The topological polar surface area (TPSA) is 25.2 Å². The number of nitrogens with zero attached hydrogens (tertiary/aromatic N) is 2. The Balaban J connectivity index is 2.06. The summed E-state index contributed by atoms with van der Waals surface area (Å²) >= 11 is 5.28. The number of hydrogen-bond donors (Lipinski definition) is 0. The van der Waals surface area contributed by atoms with Crippen LogP contribution in [-0.2, 0) is 6.54 Å². The van der Waals surface area contributed by atoms with Crippen LogP contribution in [0.15, 0.2) is 28.1 Å². The fourth-order valence-electron chi connectivity index (χ4n) is 2.69. The van der Waals surface area contributed by atoms with E-state index in [2.05, 4.69) is 32.0 Å². The molecule has 0 atom stereocenters. The lowest BCUT2D eigenvalue weighted by atomic mass is 10.3. The fourth-order valence-corrected chi connectivity index (χ4v) is 4.38. The van der Waals surface area contributed by atoms with Crippen molar-refractivity contribution in [2.75, 3.05) is 13.1 Å². The molecule has 2 aromatic rings. The molecule has 0 spiro atoms. The van der Waals surface area contributed by atoms with Crippen molar-refractivity contribution in [3.63, 3.8) is 0 Å². The fraction of sp³-hybridized carbons (Fsp3) is 0.400. The quantitative estimate of drug-likeness (QED) is 0.757. The Morgan fingerprint density at radius 1 is 1.45 bits per heavy atom. The standard InChI is InChI=1S/C15H17BrN2OS/c1-2-3-8-18-12(15(19)17-6-4-5-7-17)9-13-14(18)11(16)10-20-13/h2-3,9-10H,4-8H2,1H3/b3-2+. The number of rotatable bonds is 3. The number of aromatic nitrogens is 1. The number of carbonyl (C=O) groups is 1. The van der Waals surface area contributed by atoms with Crippen LogP contribution < -0.4 is 0 Å². The van der Waals surface area contributed by atoms with Gasteiger partial charge in [0.15, 0.2) is 0 Å². The van der Waals surface area contributed by atoms with Crippen molar-refractivity contribution in [3.05, 3.63) is 33.8 Å². The second kappa shape index (κ2) is 5.74. The molecular weight excluding hydrogens is 336 g/mol. The van der Waals surface area contributed by atoms with E-state index >= 15 is 0 Å². The molecule has 0 aromatic carbocycles. The first-order chi connectivity index (χ1) is 9.72. The predicted molar refractivity (Wildman–Crippen MR) is 87.5 cm³/mol. The number of fused-ring (bicyclic) bond motifs is 1. The zero-order chi connectivity index (χ0) is 14.1. The molecule has 3 heterocycles. The van der Waals surface area contributed by atoms with E-state index in [1.807, 2.05) is 24.0 Å². The van der Waals surface area contributed by atoms with Crippen molar-refractivity contribution in [2.24, 2.45) is 0 Å². The van der Waals surface area contributed by atoms with Gasteiger partial charge in [-0.1, -0.05) is 12.2 Å². The van der Waals surface area contributed by atoms with Gasteiger partial charge in [0, 0.05) is 25.0 Å². The van der Waals surface area contributed by atoms with E-state index in [0.717, 1.165) is 48.2 Å². The molecule has 0 aliphatic carbocycles. The Labute approximate surface area is 131 Å².